The van der Waals surface area contributed by atoms with Gasteiger partial charge in [-0.15, -0.1) is 11.3 Å². The fraction of sp³-hybridized carbons (Fsp3) is 0.444. The Hall–Kier alpha value is -2.72. The number of thiophene rings is 1. The van der Waals surface area contributed by atoms with E-state index >= 15 is 0 Å². The van der Waals surface area contributed by atoms with Crippen LogP contribution in [0.1, 0.15) is 22.5 Å². The number of piperidine rings is 1. The first kappa shape index (κ1) is 18.6. The van der Waals surface area contributed by atoms with Crippen molar-refractivity contribution in [3.05, 3.63) is 29.5 Å². The van der Waals surface area contributed by atoms with E-state index in [4.69, 9.17) is 16.2 Å². The van der Waals surface area contributed by atoms with Gasteiger partial charge in [0.05, 0.1) is 48.9 Å². The van der Waals surface area contributed by atoms with Crippen molar-refractivity contribution >= 4 is 38.8 Å². The Labute approximate surface area is 166 Å². The van der Waals surface area contributed by atoms with E-state index in [0.717, 1.165) is 41.8 Å². The summed E-state index contributed by atoms with van der Waals surface area (Å²) in [4.78, 5) is 21.1. The SMILES string of the molecule is NC(=O)c1sc2nccc(N3CCC[C@H](COCCn4nccn4)C3)c2c1N. The molecule has 1 fully saturated rings. The van der Waals surface area contributed by atoms with E-state index in [9.17, 15) is 4.79 Å². The number of fused-ring (bicyclic) bond motifs is 1. The number of rotatable bonds is 7. The molecule has 0 bridgehead atoms. The van der Waals surface area contributed by atoms with Gasteiger partial charge in [0, 0.05) is 19.3 Å². The number of primary amides is 1. The molecule has 3 aromatic heterocycles. The molecule has 1 amide bonds. The molecule has 0 saturated carbocycles. The molecule has 9 nitrogen and oxygen atoms in total. The Bertz CT molecular complexity index is 956. The molecular weight excluding hydrogens is 378 g/mol. The Balaban J connectivity index is 1.43. The molecule has 3 aromatic rings. The van der Waals surface area contributed by atoms with Crippen LogP contribution in [0.25, 0.3) is 10.2 Å². The van der Waals surface area contributed by atoms with E-state index < -0.39 is 5.91 Å². The van der Waals surface area contributed by atoms with E-state index in [1.54, 1.807) is 23.4 Å². The van der Waals surface area contributed by atoms with Gasteiger partial charge in [-0.25, -0.2) is 4.98 Å². The third kappa shape index (κ3) is 3.78. The molecule has 148 valence electrons. The molecule has 0 aromatic carbocycles. The molecule has 4 heterocycles. The molecule has 0 radical (unpaired) electrons. The highest BCUT2D eigenvalue weighted by atomic mass is 32.1. The number of hydrogen-bond acceptors (Lipinski definition) is 8. The number of hydrogen-bond donors (Lipinski definition) is 2. The van der Waals surface area contributed by atoms with E-state index in [1.165, 1.54) is 11.3 Å². The van der Waals surface area contributed by atoms with Crippen molar-refractivity contribution < 1.29 is 9.53 Å². The quantitative estimate of drug-likeness (QED) is 0.575. The van der Waals surface area contributed by atoms with Crippen molar-refractivity contribution in [3.8, 4) is 0 Å². The second-order valence-corrected chi connectivity index (χ2v) is 7.87. The van der Waals surface area contributed by atoms with Gasteiger partial charge in [0.2, 0.25) is 0 Å². The molecule has 1 aliphatic heterocycles. The summed E-state index contributed by atoms with van der Waals surface area (Å²) < 4.78 is 5.85. The lowest BCUT2D eigenvalue weighted by Crippen LogP contribution is -2.37. The zero-order valence-corrected chi connectivity index (χ0v) is 16.3. The number of nitrogen functional groups attached to an aromatic ring is 1. The zero-order chi connectivity index (χ0) is 19.5. The summed E-state index contributed by atoms with van der Waals surface area (Å²) in [5.41, 5.74) is 13.1. The smallest absolute Gasteiger partial charge is 0.260 e. The number of anilines is 2. The topological polar surface area (TPSA) is 125 Å². The maximum absolute atomic E-state index is 11.6. The molecule has 4 N–H and O–H groups in total. The van der Waals surface area contributed by atoms with Gasteiger partial charge in [-0.2, -0.15) is 15.0 Å². The Morgan fingerprint density at radius 1 is 1.32 bits per heavy atom. The summed E-state index contributed by atoms with van der Waals surface area (Å²) in [7, 11) is 0. The largest absolute Gasteiger partial charge is 0.397 e. The van der Waals surface area contributed by atoms with Crippen molar-refractivity contribution in [2.24, 2.45) is 11.7 Å². The first-order valence-electron chi connectivity index (χ1n) is 9.27. The number of pyridine rings is 1. The van der Waals surface area contributed by atoms with E-state index in [0.29, 0.717) is 36.2 Å². The number of ether oxygens (including phenoxy) is 1. The van der Waals surface area contributed by atoms with Gasteiger partial charge in [0.1, 0.15) is 9.71 Å². The predicted molar refractivity (Wildman–Crippen MR) is 108 cm³/mol. The highest BCUT2D eigenvalue weighted by molar-refractivity contribution is 7.21. The molecule has 1 aliphatic rings. The maximum atomic E-state index is 11.6. The molecule has 1 atom stereocenters. The van der Waals surface area contributed by atoms with Crippen LogP contribution < -0.4 is 16.4 Å². The lowest BCUT2D eigenvalue weighted by molar-refractivity contribution is 0.0837. The average Bonchev–Trinajstić information content (AvgIpc) is 3.33. The molecule has 10 heteroatoms. The van der Waals surface area contributed by atoms with Crippen molar-refractivity contribution in [2.75, 3.05) is 36.9 Å². The molecular formula is C18H23N7O2S. The summed E-state index contributed by atoms with van der Waals surface area (Å²) in [5, 5.41) is 8.97. The van der Waals surface area contributed by atoms with Crippen LogP contribution in [-0.4, -0.2) is 52.2 Å². The zero-order valence-electron chi connectivity index (χ0n) is 15.5. The number of nitrogens with zero attached hydrogens (tertiary/aromatic N) is 5. The van der Waals surface area contributed by atoms with Crippen LogP contribution in [0.4, 0.5) is 11.4 Å². The molecule has 0 aliphatic carbocycles. The summed E-state index contributed by atoms with van der Waals surface area (Å²) in [5.74, 6) is -0.0824. The Morgan fingerprint density at radius 3 is 2.93 bits per heavy atom. The third-order valence-electron chi connectivity index (χ3n) is 4.95. The van der Waals surface area contributed by atoms with Crippen molar-refractivity contribution in [2.45, 2.75) is 19.4 Å². The van der Waals surface area contributed by atoms with Crippen LogP contribution in [0, 0.1) is 5.92 Å². The minimum atomic E-state index is -0.511. The first-order chi connectivity index (χ1) is 13.6. The van der Waals surface area contributed by atoms with Gasteiger partial charge in [-0.05, 0) is 24.8 Å². The Morgan fingerprint density at radius 2 is 2.14 bits per heavy atom. The standard InChI is InChI=1S/C18H23N7O2S/c19-15-14-13(3-4-21-18(14)28-16(15)17(20)26)24-7-1-2-12(10-24)11-27-9-8-25-22-5-6-23-25/h3-6,12H,1-2,7-11,19H2,(H2,20,26)/t12-/m0/s1. The summed E-state index contributed by atoms with van der Waals surface area (Å²) in [6.07, 6.45) is 7.28. The van der Waals surface area contributed by atoms with Crippen LogP contribution >= 0.6 is 11.3 Å². The molecule has 0 unspecified atom stereocenters. The van der Waals surface area contributed by atoms with Crippen molar-refractivity contribution in [3.63, 3.8) is 0 Å². The van der Waals surface area contributed by atoms with Gasteiger partial charge in [0.25, 0.3) is 5.91 Å². The fourth-order valence-electron chi connectivity index (χ4n) is 3.65. The molecule has 0 spiro atoms. The molecule has 28 heavy (non-hydrogen) atoms. The fourth-order valence-corrected chi connectivity index (χ4v) is 4.59. The monoisotopic (exact) mass is 401 g/mol. The predicted octanol–water partition coefficient (Wildman–Crippen LogP) is 1.50. The normalized spacial score (nSPS) is 17.3. The van der Waals surface area contributed by atoms with Gasteiger partial charge in [0.15, 0.2) is 0 Å². The number of aromatic nitrogens is 4. The van der Waals surface area contributed by atoms with Gasteiger partial charge >= 0.3 is 0 Å². The van der Waals surface area contributed by atoms with Crippen LogP contribution in [0.2, 0.25) is 0 Å². The average molecular weight is 401 g/mol. The number of carbonyl (C=O) groups excluding carboxylic acids is 1. The highest BCUT2D eigenvalue weighted by Crippen LogP contribution is 2.39. The van der Waals surface area contributed by atoms with Gasteiger partial charge in [-0.3, -0.25) is 4.79 Å². The van der Waals surface area contributed by atoms with Crippen LogP contribution in [0.15, 0.2) is 24.7 Å². The van der Waals surface area contributed by atoms with Crippen LogP contribution in [0.3, 0.4) is 0 Å². The van der Waals surface area contributed by atoms with E-state index in [2.05, 4.69) is 20.1 Å². The third-order valence-corrected chi connectivity index (χ3v) is 6.07. The molecule has 1 saturated heterocycles. The maximum Gasteiger partial charge on any atom is 0.260 e. The lowest BCUT2D eigenvalue weighted by Gasteiger charge is -2.34. The van der Waals surface area contributed by atoms with E-state index in [-0.39, 0.29) is 0 Å². The lowest BCUT2D eigenvalue weighted by atomic mass is 9.98. The summed E-state index contributed by atoms with van der Waals surface area (Å²) >= 11 is 1.25. The van der Waals surface area contributed by atoms with Gasteiger partial charge in [-0.1, -0.05) is 0 Å². The van der Waals surface area contributed by atoms with Gasteiger partial charge < -0.3 is 21.1 Å². The minimum Gasteiger partial charge on any atom is -0.397 e. The summed E-state index contributed by atoms with van der Waals surface area (Å²) in [6.45, 7) is 3.74. The Kier molecular flexibility index (Phi) is 5.40. The van der Waals surface area contributed by atoms with Crippen molar-refractivity contribution in [1.82, 2.24) is 20.0 Å². The number of amides is 1. The van der Waals surface area contributed by atoms with Crippen LogP contribution in [-0.2, 0) is 11.3 Å². The second-order valence-electron chi connectivity index (χ2n) is 6.87. The highest BCUT2D eigenvalue weighted by Gasteiger charge is 2.25. The molecule has 4 rings (SSSR count). The van der Waals surface area contributed by atoms with Crippen LogP contribution in [0.5, 0.6) is 0 Å². The number of nitrogens with two attached hydrogens (primary N) is 2. The number of carbonyl (C=O) groups is 1. The second kappa shape index (κ2) is 8.11. The van der Waals surface area contributed by atoms with Crippen molar-refractivity contribution in [1.29, 1.82) is 0 Å². The minimum absolute atomic E-state index is 0.374. The first-order valence-corrected chi connectivity index (χ1v) is 10.1. The van der Waals surface area contributed by atoms with E-state index in [1.807, 2.05) is 6.07 Å². The summed E-state index contributed by atoms with van der Waals surface area (Å²) in [6, 6.07) is 1.96.